The molecule has 1 aliphatic carbocycles. The van der Waals surface area contributed by atoms with Crippen molar-refractivity contribution in [2.45, 2.75) is 25.4 Å². The van der Waals surface area contributed by atoms with E-state index in [1.54, 1.807) is 0 Å². The Morgan fingerprint density at radius 3 is 2.29 bits per heavy atom. The summed E-state index contributed by atoms with van der Waals surface area (Å²) in [5.74, 6) is 5.23. The lowest BCUT2D eigenvalue weighted by atomic mass is 10.1. The molecule has 38 valence electrons. The van der Waals surface area contributed by atoms with E-state index in [1.807, 2.05) is 6.92 Å². The van der Waals surface area contributed by atoms with Crippen LogP contribution < -0.4 is 0 Å². The highest BCUT2D eigenvalue weighted by atomic mass is 16.3. The fourth-order valence-corrected chi connectivity index (χ4v) is 0.559. The van der Waals surface area contributed by atoms with E-state index in [0.29, 0.717) is 0 Å². The Hall–Kier alpha value is -0.480. The summed E-state index contributed by atoms with van der Waals surface area (Å²) in [4.78, 5) is 0. The molecule has 0 radical (unpaired) electrons. The van der Waals surface area contributed by atoms with Crippen LogP contribution in [-0.4, -0.2) is 10.7 Å². The van der Waals surface area contributed by atoms with Crippen LogP contribution >= 0.6 is 0 Å². The fraction of sp³-hybridized carbons (Fsp3) is 0.667. The van der Waals surface area contributed by atoms with E-state index in [0.717, 1.165) is 12.8 Å². The maximum atomic E-state index is 8.91. The van der Waals surface area contributed by atoms with Crippen LogP contribution in [0.5, 0.6) is 0 Å². The van der Waals surface area contributed by atoms with Crippen LogP contribution in [0.1, 0.15) is 19.8 Å². The van der Waals surface area contributed by atoms with Crippen molar-refractivity contribution in [3.05, 3.63) is 0 Å². The zero-order valence-electron chi connectivity index (χ0n) is 4.36. The standard InChI is InChI=1S/C6H8O/c1-2-3-6(7)4-5-6/h7H,2-3H2,1H3. The minimum Gasteiger partial charge on any atom is -0.367 e. The van der Waals surface area contributed by atoms with Gasteiger partial charge in [-0.2, -0.15) is 0 Å². The highest BCUT2D eigenvalue weighted by Gasteiger charge is 2.28. The molecule has 0 fully saturated rings. The first kappa shape index (κ1) is 4.67. The molecule has 1 rings (SSSR count). The molecule has 0 bridgehead atoms. The van der Waals surface area contributed by atoms with Gasteiger partial charge in [-0.15, -0.1) is 0 Å². The molecule has 0 saturated heterocycles. The molecule has 1 nitrogen and oxygen atoms in total. The average molecular weight is 96.1 g/mol. The van der Waals surface area contributed by atoms with Crippen LogP contribution in [0.2, 0.25) is 0 Å². The van der Waals surface area contributed by atoms with Crippen LogP contribution in [0.15, 0.2) is 0 Å². The average Bonchev–Trinajstić information content (AvgIpc) is 2.22. The van der Waals surface area contributed by atoms with Gasteiger partial charge < -0.3 is 5.11 Å². The van der Waals surface area contributed by atoms with Crippen LogP contribution in [0.25, 0.3) is 0 Å². The second-order valence-electron chi connectivity index (χ2n) is 1.86. The van der Waals surface area contributed by atoms with E-state index in [2.05, 4.69) is 11.8 Å². The first-order valence-corrected chi connectivity index (χ1v) is 2.53. The molecule has 1 N–H and O–H groups in total. The van der Waals surface area contributed by atoms with Gasteiger partial charge in [0.05, 0.1) is 0 Å². The van der Waals surface area contributed by atoms with Crippen molar-refractivity contribution in [2.75, 3.05) is 0 Å². The smallest absolute Gasteiger partial charge is 0.187 e. The summed E-state index contributed by atoms with van der Waals surface area (Å²) in [6.45, 7) is 2.03. The van der Waals surface area contributed by atoms with Crippen molar-refractivity contribution in [3.63, 3.8) is 0 Å². The Kier molecular flexibility index (Phi) is 0.831. The van der Waals surface area contributed by atoms with Gasteiger partial charge in [0, 0.05) is 0 Å². The summed E-state index contributed by atoms with van der Waals surface area (Å²) in [6.07, 6.45) is 1.78. The fourth-order valence-electron chi connectivity index (χ4n) is 0.559. The van der Waals surface area contributed by atoms with Gasteiger partial charge in [-0.3, -0.25) is 0 Å². The zero-order chi connectivity index (χ0) is 5.33. The quantitative estimate of drug-likeness (QED) is 0.497. The highest BCUT2D eigenvalue weighted by molar-refractivity contribution is 5.43. The van der Waals surface area contributed by atoms with Crippen molar-refractivity contribution in [2.24, 2.45) is 0 Å². The lowest BCUT2D eigenvalue weighted by Gasteiger charge is -1.99. The maximum absolute atomic E-state index is 8.91. The van der Waals surface area contributed by atoms with E-state index >= 15 is 0 Å². The Morgan fingerprint density at radius 2 is 2.14 bits per heavy atom. The van der Waals surface area contributed by atoms with Crippen molar-refractivity contribution < 1.29 is 5.11 Å². The minimum atomic E-state index is -0.700. The van der Waals surface area contributed by atoms with E-state index in [1.165, 1.54) is 0 Å². The molecule has 1 heteroatoms. The van der Waals surface area contributed by atoms with Crippen molar-refractivity contribution >= 4 is 0 Å². The van der Waals surface area contributed by atoms with E-state index in [9.17, 15) is 0 Å². The minimum absolute atomic E-state index is 0.700. The molecule has 0 unspecified atom stereocenters. The molecule has 0 atom stereocenters. The highest BCUT2D eigenvalue weighted by Crippen LogP contribution is 2.18. The molecule has 0 amide bonds. The normalized spacial score (nSPS) is 20.3. The van der Waals surface area contributed by atoms with Crippen molar-refractivity contribution in [1.29, 1.82) is 0 Å². The van der Waals surface area contributed by atoms with Gasteiger partial charge in [-0.25, -0.2) is 0 Å². The van der Waals surface area contributed by atoms with Gasteiger partial charge in [0.2, 0.25) is 0 Å². The molecule has 1 aliphatic rings. The van der Waals surface area contributed by atoms with Gasteiger partial charge in [0.25, 0.3) is 0 Å². The number of hydrogen-bond acceptors (Lipinski definition) is 1. The van der Waals surface area contributed by atoms with Crippen molar-refractivity contribution in [1.82, 2.24) is 0 Å². The molecule has 0 spiro atoms. The Bertz CT molecular complexity index is 119. The lowest BCUT2D eigenvalue weighted by Crippen LogP contribution is -2.10. The molecule has 0 aromatic carbocycles. The largest absolute Gasteiger partial charge is 0.367 e. The molecule has 7 heavy (non-hydrogen) atoms. The van der Waals surface area contributed by atoms with E-state index < -0.39 is 5.60 Å². The summed E-state index contributed by atoms with van der Waals surface area (Å²) >= 11 is 0. The molecule has 0 heterocycles. The number of hydrogen-bond donors (Lipinski definition) is 1. The van der Waals surface area contributed by atoms with Gasteiger partial charge in [-0.1, -0.05) is 25.2 Å². The summed E-state index contributed by atoms with van der Waals surface area (Å²) in [5, 5.41) is 8.91. The maximum Gasteiger partial charge on any atom is 0.187 e. The third-order valence-corrected chi connectivity index (χ3v) is 1.03. The third-order valence-electron chi connectivity index (χ3n) is 1.03. The van der Waals surface area contributed by atoms with Crippen molar-refractivity contribution in [3.8, 4) is 11.8 Å². The summed E-state index contributed by atoms with van der Waals surface area (Å²) in [5.41, 5.74) is -0.700. The number of rotatable bonds is 2. The number of aliphatic hydroxyl groups is 1. The van der Waals surface area contributed by atoms with Gasteiger partial charge in [0.1, 0.15) is 0 Å². The Morgan fingerprint density at radius 1 is 1.57 bits per heavy atom. The summed E-state index contributed by atoms with van der Waals surface area (Å²) < 4.78 is 0. The van der Waals surface area contributed by atoms with E-state index in [4.69, 9.17) is 5.11 Å². The second-order valence-corrected chi connectivity index (χ2v) is 1.86. The molecule has 0 saturated carbocycles. The topological polar surface area (TPSA) is 20.2 Å². The SMILES string of the molecule is CCCC1(O)C#C1. The molecule has 0 aliphatic heterocycles. The van der Waals surface area contributed by atoms with Crippen LogP contribution in [0, 0.1) is 11.8 Å². The van der Waals surface area contributed by atoms with Gasteiger partial charge in [0.15, 0.2) is 5.60 Å². The van der Waals surface area contributed by atoms with E-state index in [-0.39, 0.29) is 0 Å². The predicted molar refractivity (Wildman–Crippen MR) is 27.6 cm³/mol. The van der Waals surface area contributed by atoms with Gasteiger partial charge in [-0.05, 0) is 6.42 Å². The first-order chi connectivity index (χ1) is 3.27. The molecular formula is C6H8O. The third kappa shape index (κ3) is 0.942. The molecule has 0 aromatic rings. The van der Waals surface area contributed by atoms with Crippen LogP contribution in [0.4, 0.5) is 0 Å². The first-order valence-electron chi connectivity index (χ1n) is 2.53. The van der Waals surface area contributed by atoms with Crippen LogP contribution in [0.3, 0.4) is 0 Å². The molecular weight excluding hydrogens is 88.1 g/mol. The Balaban J connectivity index is 2.16. The predicted octanol–water partition coefficient (Wildman–Crippen LogP) is 0.535. The lowest BCUT2D eigenvalue weighted by molar-refractivity contribution is 0.174. The molecule has 0 aromatic heterocycles. The zero-order valence-corrected chi connectivity index (χ0v) is 4.36. The monoisotopic (exact) mass is 96.1 g/mol. The summed E-state index contributed by atoms with van der Waals surface area (Å²) in [7, 11) is 0. The van der Waals surface area contributed by atoms with Gasteiger partial charge >= 0.3 is 0 Å². The second kappa shape index (κ2) is 1.24. The Labute approximate surface area is 43.4 Å². The summed E-state index contributed by atoms with van der Waals surface area (Å²) in [6, 6.07) is 0. The van der Waals surface area contributed by atoms with Crippen LogP contribution in [-0.2, 0) is 0 Å².